The highest BCUT2D eigenvalue weighted by Gasteiger charge is 2.35. The van der Waals surface area contributed by atoms with Crippen LogP contribution in [0.5, 0.6) is 11.5 Å². The van der Waals surface area contributed by atoms with Gasteiger partial charge in [0.15, 0.2) is 11.5 Å². The highest BCUT2D eigenvalue weighted by Crippen LogP contribution is 2.41. The third-order valence-corrected chi connectivity index (χ3v) is 6.64. The number of hydrogen-bond donors (Lipinski definition) is 1. The molecular formula is C22H24Cl2N2O3. The zero-order valence-corrected chi connectivity index (χ0v) is 18.0. The van der Waals surface area contributed by atoms with Crippen molar-refractivity contribution in [3.63, 3.8) is 0 Å². The molecule has 2 aliphatic rings. The standard InChI is InChI=1S/C22H24Cl2N2O3/c1-28-20-10-13-5-7-26-8-6-15(11-19(26)16(13)12-21(20)29-2)25-22(27)14-3-4-17(23)18(24)9-14/h3-4,9-10,12,15,19H,5-8,11H2,1-2H3,(H,25,27). The first-order valence-electron chi connectivity index (χ1n) is 9.75. The molecule has 2 unspecified atom stereocenters. The lowest BCUT2D eigenvalue weighted by atomic mass is 9.84. The lowest BCUT2D eigenvalue weighted by Gasteiger charge is -2.43. The van der Waals surface area contributed by atoms with Crippen LogP contribution in [-0.2, 0) is 6.42 Å². The highest BCUT2D eigenvalue weighted by molar-refractivity contribution is 6.42. The molecule has 1 saturated heterocycles. The van der Waals surface area contributed by atoms with Gasteiger partial charge in [0.2, 0.25) is 0 Å². The molecule has 5 nitrogen and oxygen atoms in total. The van der Waals surface area contributed by atoms with Crippen molar-refractivity contribution in [1.82, 2.24) is 10.2 Å². The van der Waals surface area contributed by atoms with E-state index >= 15 is 0 Å². The lowest BCUT2D eigenvalue weighted by Crippen LogP contribution is -2.48. The van der Waals surface area contributed by atoms with Gasteiger partial charge in [-0.3, -0.25) is 9.69 Å². The largest absolute Gasteiger partial charge is 0.493 e. The van der Waals surface area contributed by atoms with Crippen molar-refractivity contribution < 1.29 is 14.3 Å². The first-order valence-corrected chi connectivity index (χ1v) is 10.5. The van der Waals surface area contributed by atoms with Crippen LogP contribution in [0.1, 0.15) is 40.4 Å². The van der Waals surface area contributed by atoms with Crippen molar-refractivity contribution >= 4 is 29.1 Å². The number of nitrogens with zero attached hydrogens (tertiary/aromatic N) is 1. The van der Waals surface area contributed by atoms with Gasteiger partial charge in [-0.15, -0.1) is 0 Å². The second-order valence-corrected chi connectivity index (χ2v) is 8.35. The summed E-state index contributed by atoms with van der Waals surface area (Å²) in [6.45, 7) is 1.96. The average Bonchev–Trinajstić information content (AvgIpc) is 2.74. The molecule has 0 spiro atoms. The van der Waals surface area contributed by atoms with Gasteiger partial charge in [-0.1, -0.05) is 23.2 Å². The number of ether oxygens (including phenoxy) is 2. The van der Waals surface area contributed by atoms with Crippen LogP contribution >= 0.6 is 23.2 Å². The fraction of sp³-hybridized carbons (Fsp3) is 0.409. The van der Waals surface area contributed by atoms with Crippen LogP contribution in [0.15, 0.2) is 30.3 Å². The molecule has 0 aromatic heterocycles. The van der Waals surface area contributed by atoms with E-state index in [0.717, 1.165) is 43.9 Å². The number of hydrogen-bond acceptors (Lipinski definition) is 4. The molecule has 2 aromatic rings. The third-order valence-electron chi connectivity index (χ3n) is 5.90. The van der Waals surface area contributed by atoms with Crippen LogP contribution in [0.25, 0.3) is 0 Å². The van der Waals surface area contributed by atoms with Gasteiger partial charge in [0.1, 0.15) is 0 Å². The summed E-state index contributed by atoms with van der Waals surface area (Å²) in [6.07, 6.45) is 2.77. The molecule has 0 saturated carbocycles. The number of carbonyl (C=O) groups is 1. The van der Waals surface area contributed by atoms with E-state index in [-0.39, 0.29) is 18.0 Å². The van der Waals surface area contributed by atoms with Crippen molar-refractivity contribution in [3.05, 3.63) is 57.1 Å². The number of nitrogens with one attached hydrogen (secondary N) is 1. The summed E-state index contributed by atoms with van der Waals surface area (Å²) >= 11 is 12.0. The Morgan fingerprint density at radius 3 is 2.55 bits per heavy atom. The second-order valence-electron chi connectivity index (χ2n) is 7.53. The molecule has 2 aliphatic heterocycles. The number of rotatable bonds is 4. The Hall–Kier alpha value is -1.95. The van der Waals surface area contributed by atoms with E-state index in [0.29, 0.717) is 15.6 Å². The normalized spacial score (nSPS) is 21.1. The Morgan fingerprint density at radius 2 is 1.83 bits per heavy atom. The molecule has 1 fully saturated rings. The smallest absolute Gasteiger partial charge is 0.251 e. The number of piperidine rings is 1. The molecule has 0 radical (unpaired) electrons. The third kappa shape index (κ3) is 4.04. The summed E-state index contributed by atoms with van der Waals surface area (Å²) in [4.78, 5) is 15.2. The molecule has 154 valence electrons. The number of amides is 1. The Bertz CT molecular complexity index is 935. The Labute approximate surface area is 180 Å². The first kappa shape index (κ1) is 20.3. The maximum Gasteiger partial charge on any atom is 0.251 e. The van der Waals surface area contributed by atoms with E-state index in [1.807, 2.05) is 0 Å². The lowest BCUT2D eigenvalue weighted by molar-refractivity contribution is 0.0843. The summed E-state index contributed by atoms with van der Waals surface area (Å²) in [5.41, 5.74) is 3.08. The van der Waals surface area contributed by atoms with E-state index in [1.165, 1.54) is 11.1 Å². The maximum atomic E-state index is 12.7. The first-order chi connectivity index (χ1) is 14.0. The molecule has 2 atom stereocenters. The zero-order chi connectivity index (χ0) is 20.5. The topological polar surface area (TPSA) is 50.8 Å². The molecule has 0 bridgehead atoms. The van der Waals surface area contributed by atoms with E-state index in [9.17, 15) is 4.79 Å². The van der Waals surface area contributed by atoms with Crippen molar-refractivity contribution in [2.24, 2.45) is 0 Å². The number of benzene rings is 2. The van der Waals surface area contributed by atoms with Crippen LogP contribution in [0.2, 0.25) is 10.0 Å². The van der Waals surface area contributed by atoms with Crippen molar-refractivity contribution in [3.8, 4) is 11.5 Å². The van der Waals surface area contributed by atoms with Gasteiger partial charge in [-0.25, -0.2) is 0 Å². The Morgan fingerprint density at radius 1 is 1.07 bits per heavy atom. The molecular weight excluding hydrogens is 411 g/mol. The number of carbonyl (C=O) groups excluding carboxylic acids is 1. The molecule has 2 heterocycles. The average molecular weight is 435 g/mol. The van der Waals surface area contributed by atoms with Crippen molar-refractivity contribution in [2.45, 2.75) is 31.3 Å². The summed E-state index contributed by atoms with van der Waals surface area (Å²) in [5, 5.41) is 4.00. The molecule has 29 heavy (non-hydrogen) atoms. The van der Waals surface area contributed by atoms with Gasteiger partial charge in [-0.2, -0.15) is 0 Å². The summed E-state index contributed by atoms with van der Waals surface area (Å²) in [6, 6.07) is 9.49. The Balaban J connectivity index is 1.53. The van der Waals surface area contributed by atoms with Gasteiger partial charge in [0, 0.05) is 30.7 Å². The summed E-state index contributed by atoms with van der Waals surface area (Å²) in [5.74, 6) is 1.39. The van der Waals surface area contributed by atoms with E-state index in [1.54, 1.807) is 32.4 Å². The van der Waals surface area contributed by atoms with Crippen LogP contribution in [0, 0.1) is 0 Å². The Kier molecular flexibility index (Phi) is 5.91. The summed E-state index contributed by atoms with van der Waals surface area (Å²) < 4.78 is 11.0. The quantitative estimate of drug-likeness (QED) is 0.769. The van der Waals surface area contributed by atoms with Crippen molar-refractivity contribution in [2.75, 3.05) is 27.3 Å². The zero-order valence-electron chi connectivity index (χ0n) is 16.5. The second kappa shape index (κ2) is 8.42. The number of methoxy groups -OCH3 is 2. The molecule has 0 aliphatic carbocycles. The molecule has 4 rings (SSSR count). The van der Waals surface area contributed by atoms with Crippen LogP contribution in [-0.4, -0.2) is 44.2 Å². The molecule has 1 N–H and O–H groups in total. The van der Waals surface area contributed by atoms with Gasteiger partial charge in [0.25, 0.3) is 5.91 Å². The summed E-state index contributed by atoms with van der Waals surface area (Å²) in [7, 11) is 3.32. The minimum absolute atomic E-state index is 0.0947. The SMILES string of the molecule is COc1cc2c(cc1OC)C1CC(NC(=O)c3ccc(Cl)c(Cl)c3)CCN1CC2. The van der Waals surface area contributed by atoms with Crippen LogP contribution in [0.4, 0.5) is 0 Å². The van der Waals surface area contributed by atoms with Crippen LogP contribution in [0.3, 0.4) is 0 Å². The number of fused-ring (bicyclic) bond motifs is 3. The fourth-order valence-electron chi connectivity index (χ4n) is 4.37. The monoisotopic (exact) mass is 434 g/mol. The minimum atomic E-state index is -0.120. The molecule has 7 heteroatoms. The van der Waals surface area contributed by atoms with Gasteiger partial charge in [0.05, 0.1) is 24.3 Å². The van der Waals surface area contributed by atoms with E-state index in [2.05, 4.69) is 22.3 Å². The van der Waals surface area contributed by atoms with Crippen LogP contribution < -0.4 is 14.8 Å². The number of halogens is 2. The van der Waals surface area contributed by atoms with Gasteiger partial charge < -0.3 is 14.8 Å². The predicted molar refractivity (Wildman–Crippen MR) is 115 cm³/mol. The highest BCUT2D eigenvalue weighted by atomic mass is 35.5. The molecule has 2 aromatic carbocycles. The van der Waals surface area contributed by atoms with E-state index in [4.69, 9.17) is 32.7 Å². The fourth-order valence-corrected chi connectivity index (χ4v) is 4.67. The van der Waals surface area contributed by atoms with Gasteiger partial charge >= 0.3 is 0 Å². The predicted octanol–water partition coefficient (Wildman–Crippen LogP) is 4.50. The van der Waals surface area contributed by atoms with Crippen molar-refractivity contribution in [1.29, 1.82) is 0 Å². The van der Waals surface area contributed by atoms with E-state index < -0.39 is 0 Å². The molecule has 1 amide bonds. The van der Waals surface area contributed by atoms with Gasteiger partial charge in [-0.05, 0) is 60.7 Å². The maximum absolute atomic E-state index is 12.7. The minimum Gasteiger partial charge on any atom is -0.493 e.